The van der Waals surface area contributed by atoms with E-state index in [1.54, 1.807) is 0 Å². The van der Waals surface area contributed by atoms with Crippen molar-refractivity contribution in [3.63, 3.8) is 0 Å². The summed E-state index contributed by atoms with van der Waals surface area (Å²) in [6.07, 6.45) is 2.11. The smallest absolute Gasteiger partial charge is 0.0702 e. The second-order valence-electron chi connectivity index (χ2n) is 4.39. The molecule has 1 saturated heterocycles. The van der Waals surface area contributed by atoms with E-state index in [2.05, 4.69) is 33.9 Å². The van der Waals surface area contributed by atoms with Crippen molar-refractivity contribution in [3.05, 3.63) is 28.2 Å². The number of nitrogens with zero attached hydrogens (tertiary/aromatic N) is 1. The topological polar surface area (TPSA) is 32.7 Å². The zero-order valence-electron chi connectivity index (χ0n) is 10.0. The first-order chi connectivity index (χ1) is 8.22. The van der Waals surface area contributed by atoms with Gasteiger partial charge in [-0.25, -0.2) is 0 Å². The standard InChI is InChI=1S/C13H18BrNO2/c1-15(12-4-6-17-7-5-12)13-3-2-11(14)8-10(13)9-16/h2-3,8,12,16H,4-7,9H2,1H3. The van der Waals surface area contributed by atoms with Crippen molar-refractivity contribution in [2.75, 3.05) is 25.2 Å². The summed E-state index contributed by atoms with van der Waals surface area (Å²) in [7, 11) is 2.10. The van der Waals surface area contributed by atoms with Crippen molar-refractivity contribution in [2.24, 2.45) is 0 Å². The minimum absolute atomic E-state index is 0.0718. The molecule has 0 bridgehead atoms. The summed E-state index contributed by atoms with van der Waals surface area (Å²) in [5.74, 6) is 0. The zero-order valence-corrected chi connectivity index (χ0v) is 11.6. The molecule has 1 aromatic rings. The molecule has 0 unspecified atom stereocenters. The van der Waals surface area contributed by atoms with E-state index in [0.717, 1.165) is 41.8 Å². The number of aliphatic hydroxyl groups excluding tert-OH is 1. The van der Waals surface area contributed by atoms with Gasteiger partial charge in [0.25, 0.3) is 0 Å². The number of halogens is 1. The summed E-state index contributed by atoms with van der Waals surface area (Å²) in [6.45, 7) is 1.74. The maximum absolute atomic E-state index is 9.42. The van der Waals surface area contributed by atoms with Gasteiger partial charge in [-0.3, -0.25) is 0 Å². The van der Waals surface area contributed by atoms with Crippen LogP contribution in [0.3, 0.4) is 0 Å². The second-order valence-corrected chi connectivity index (χ2v) is 5.30. The minimum atomic E-state index is 0.0718. The predicted octanol–water partition coefficient (Wildman–Crippen LogP) is 2.56. The van der Waals surface area contributed by atoms with Crippen LogP contribution in [-0.2, 0) is 11.3 Å². The van der Waals surface area contributed by atoms with E-state index in [0.29, 0.717) is 6.04 Å². The normalized spacial score (nSPS) is 17.1. The summed E-state index contributed by atoms with van der Waals surface area (Å²) in [6, 6.07) is 6.57. The Morgan fingerprint density at radius 2 is 2.12 bits per heavy atom. The molecule has 0 radical (unpaired) electrons. The molecule has 1 aliphatic heterocycles. The van der Waals surface area contributed by atoms with Gasteiger partial charge in [0, 0.05) is 42.0 Å². The molecule has 0 aliphatic carbocycles. The molecular formula is C13H18BrNO2. The molecule has 2 rings (SSSR count). The Balaban J connectivity index is 2.19. The van der Waals surface area contributed by atoms with Gasteiger partial charge in [-0.05, 0) is 31.0 Å². The maximum Gasteiger partial charge on any atom is 0.0702 e. The van der Waals surface area contributed by atoms with Crippen molar-refractivity contribution >= 4 is 21.6 Å². The maximum atomic E-state index is 9.42. The van der Waals surface area contributed by atoms with Gasteiger partial charge in [0.05, 0.1) is 6.61 Å². The van der Waals surface area contributed by atoms with E-state index in [1.807, 2.05) is 12.1 Å². The Morgan fingerprint density at radius 3 is 2.76 bits per heavy atom. The molecule has 17 heavy (non-hydrogen) atoms. The van der Waals surface area contributed by atoms with Gasteiger partial charge in [0.1, 0.15) is 0 Å². The predicted molar refractivity (Wildman–Crippen MR) is 72.3 cm³/mol. The van der Waals surface area contributed by atoms with Crippen LogP contribution in [0.4, 0.5) is 5.69 Å². The lowest BCUT2D eigenvalue weighted by Gasteiger charge is -2.34. The molecule has 4 heteroatoms. The Bertz CT molecular complexity index is 378. The highest BCUT2D eigenvalue weighted by atomic mass is 79.9. The molecule has 1 fully saturated rings. The summed E-state index contributed by atoms with van der Waals surface area (Å²) < 4.78 is 6.38. The molecule has 94 valence electrons. The van der Waals surface area contributed by atoms with Crippen LogP contribution < -0.4 is 4.90 Å². The molecule has 0 amide bonds. The molecule has 1 heterocycles. The number of ether oxygens (including phenoxy) is 1. The Hall–Kier alpha value is -0.580. The molecule has 0 aromatic heterocycles. The van der Waals surface area contributed by atoms with Crippen LogP contribution in [0.5, 0.6) is 0 Å². The first kappa shape index (κ1) is 12.9. The summed E-state index contributed by atoms with van der Waals surface area (Å²) in [5, 5.41) is 9.42. The van der Waals surface area contributed by atoms with Gasteiger partial charge in [0.15, 0.2) is 0 Å². The highest BCUT2D eigenvalue weighted by molar-refractivity contribution is 9.10. The molecule has 1 N–H and O–H groups in total. The molecule has 0 spiro atoms. The van der Waals surface area contributed by atoms with Crippen LogP contribution in [0.15, 0.2) is 22.7 Å². The van der Waals surface area contributed by atoms with Gasteiger partial charge >= 0.3 is 0 Å². The van der Waals surface area contributed by atoms with Crippen molar-refractivity contribution in [2.45, 2.75) is 25.5 Å². The van der Waals surface area contributed by atoms with E-state index < -0.39 is 0 Å². The van der Waals surface area contributed by atoms with Crippen LogP contribution in [0.2, 0.25) is 0 Å². The second kappa shape index (κ2) is 5.85. The van der Waals surface area contributed by atoms with E-state index >= 15 is 0 Å². The summed E-state index contributed by atoms with van der Waals surface area (Å²) in [4.78, 5) is 2.26. The largest absolute Gasteiger partial charge is 0.392 e. The van der Waals surface area contributed by atoms with Gasteiger partial charge in [-0.2, -0.15) is 0 Å². The Labute approximate surface area is 111 Å². The zero-order chi connectivity index (χ0) is 12.3. The quantitative estimate of drug-likeness (QED) is 0.931. The van der Waals surface area contributed by atoms with Crippen LogP contribution in [0.1, 0.15) is 18.4 Å². The highest BCUT2D eigenvalue weighted by Gasteiger charge is 2.20. The van der Waals surface area contributed by atoms with Crippen molar-refractivity contribution in [1.82, 2.24) is 0 Å². The minimum Gasteiger partial charge on any atom is -0.392 e. The van der Waals surface area contributed by atoms with Crippen molar-refractivity contribution in [1.29, 1.82) is 0 Å². The first-order valence-corrected chi connectivity index (χ1v) is 6.71. The molecule has 3 nitrogen and oxygen atoms in total. The lowest BCUT2D eigenvalue weighted by molar-refractivity contribution is 0.0854. The number of benzene rings is 1. The van der Waals surface area contributed by atoms with E-state index in [4.69, 9.17) is 4.74 Å². The number of aliphatic hydroxyl groups is 1. The first-order valence-electron chi connectivity index (χ1n) is 5.92. The van der Waals surface area contributed by atoms with E-state index in [9.17, 15) is 5.11 Å². The number of rotatable bonds is 3. The fraction of sp³-hybridized carbons (Fsp3) is 0.538. The molecule has 0 saturated carbocycles. The number of hydrogen-bond donors (Lipinski definition) is 1. The van der Waals surface area contributed by atoms with Crippen LogP contribution in [-0.4, -0.2) is 31.4 Å². The SMILES string of the molecule is CN(c1ccc(Br)cc1CO)C1CCOCC1. The van der Waals surface area contributed by atoms with E-state index in [1.165, 1.54) is 0 Å². The third kappa shape index (κ3) is 3.00. The number of hydrogen-bond acceptors (Lipinski definition) is 3. The van der Waals surface area contributed by atoms with Gasteiger partial charge in [-0.15, -0.1) is 0 Å². The van der Waals surface area contributed by atoms with Crippen LogP contribution in [0, 0.1) is 0 Å². The van der Waals surface area contributed by atoms with Crippen LogP contribution >= 0.6 is 15.9 Å². The Morgan fingerprint density at radius 1 is 1.41 bits per heavy atom. The number of anilines is 1. The van der Waals surface area contributed by atoms with Gasteiger partial charge in [0.2, 0.25) is 0 Å². The summed E-state index contributed by atoms with van der Waals surface area (Å²) in [5.41, 5.74) is 2.08. The van der Waals surface area contributed by atoms with Crippen molar-refractivity contribution < 1.29 is 9.84 Å². The highest BCUT2D eigenvalue weighted by Crippen LogP contribution is 2.27. The fourth-order valence-corrected chi connectivity index (χ4v) is 2.70. The van der Waals surface area contributed by atoms with E-state index in [-0.39, 0.29) is 6.61 Å². The molecule has 0 atom stereocenters. The third-order valence-electron chi connectivity index (χ3n) is 3.33. The van der Waals surface area contributed by atoms with Gasteiger partial charge in [-0.1, -0.05) is 15.9 Å². The van der Waals surface area contributed by atoms with Crippen LogP contribution in [0.25, 0.3) is 0 Å². The molecular weight excluding hydrogens is 282 g/mol. The monoisotopic (exact) mass is 299 g/mol. The molecule has 1 aliphatic rings. The molecule has 1 aromatic carbocycles. The summed E-state index contributed by atoms with van der Waals surface area (Å²) >= 11 is 3.43. The lowest BCUT2D eigenvalue weighted by Crippen LogP contribution is -2.37. The fourth-order valence-electron chi connectivity index (χ4n) is 2.29. The average Bonchev–Trinajstić information content (AvgIpc) is 2.39. The lowest BCUT2D eigenvalue weighted by atomic mass is 10.1. The van der Waals surface area contributed by atoms with Gasteiger partial charge < -0.3 is 14.7 Å². The van der Waals surface area contributed by atoms with Crippen molar-refractivity contribution in [3.8, 4) is 0 Å². The third-order valence-corrected chi connectivity index (χ3v) is 3.82. The Kier molecular flexibility index (Phi) is 4.42. The average molecular weight is 300 g/mol.